The summed E-state index contributed by atoms with van der Waals surface area (Å²) in [7, 11) is 0. The maximum absolute atomic E-state index is 12.3. The van der Waals surface area contributed by atoms with Crippen molar-refractivity contribution in [2.75, 3.05) is 11.1 Å². The smallest absolute Gasteiger partial charge is 0.269 e. The second-order valence-electron chi connectivity index (χ2n) is 6.46. The second-order valence-corrected chi connectivity index (χ2v) is 8.24. The number of H-pyrrole nitrogens is 1. The lowest BCUT2D eigenvalue weighted by Gasteiger charge is -2.10. The number of rotatable bonds is 7. The molecule has 0 aliphatic carbocycles. The van der Waals surface area contributed by atoms with Gasteiger partial charge in [-0.3, -0.25) is 19.7 Å². The number of nitro groups is 1. The number of hydrogen-bond acceptors (Lipinski definition) is 6. The normalized spacial score (nSPS) is 10.7. The number of benzene rings is 2. The average Bonchev–Trinajstić information content (AvgIpc) is 2.73. The van der Waals surface area contributed by atoms with Gasteiger partial charge in [-0.25, -0.2) is 4.98 Å². The predicted octanol–water partition coefficient (Wildman–Crippen LogP) is 4.61. The molecule has 0 atom stereocenters. The minimum Gasteiger partial charge on any atom is -0.325 e. The molecular formula is C20H16Cl2N4O4S. The van der Waals surface area contributed by atoms with Crippen molar-refractivity contribution >= 4 is 52.2 Å². The molecule has 8 nitrogen and oxygen atoms in total. The first kappa shape index (κ1) is 22.8. The summed E-state index contributed by atoms with van der Waals surface area (Å²) in [6.07, 6.45) is 0.275. The van der Waals surface area contributed by atoms with E-state index in [1.807, 2.05) is 0 Å². The van der Waals surface area contributed by atoms with Gasteiger partial charge in [0.2, 0.25) is 5.91 Å². The maximum atomic E-state index is 12.3. The van der Waals surface area contributed by atoms with Gasteiger partial charge in [-0.1, -0.05) is 41.0 Å². The van der Waals surface area contributed by atoms with Gasteiger partial charge in [-0.2, -0.15) is 0 Å². The van der Waals surface area contributed by atoms with E-state index in [-0.39, 0.29) is 34.5 Å². The van der Waals surface area contributed by atoms with E-state index >= 15 is 0 Å². The largest absolute Gasteiger partial charge is 0.325 e. The number of carbonyl (C=O) groups is 1. The van der Waals surface area contributed by atoms with Gasteiger partial charge < -0.3 is 10.3 Å². The molecule has 1 heterocycles. The second kappa shape index (κ2) is 9.95. The molecule has 2 N–H and O–H groups in total. The van der Waals surface area contributed by atoms with Gasteiger partial charge in [-0.05, 0) is 36.8 Å². The Morgan fingerprint density at radius 3 is 2.45 bits per heavy atom. The Bertz CT molecular complexity index is 1180. The van der Waals surface area contributed by atoms with Gasteiger partial charge in [0, 0.05) is 39.8 Å². The summed E-state index contributed by atoms with van der Waals surface area (Å²) in [5, 5.41) is 14.6. The molecule has 11 heteroatoms. The maximum Gasteiger partial charge on any atom is 0.269 e. The van der Waals surface area contributed by atoms with Crippen LogP contribution in [0, 0.1) is 17.0 Å². The van der Waals surface area contributed by atoms with Crippen LogP contribution in [0.3, 0.4) is 0 Å². The molecule has 0 aliphatic heterocycles. The number of aromatic nitrogens is 2. The van der Waals surface area contributed by atoms with E-state index in [0.29, 0.717) is 32.6 Å². The lowest BCUT2D eigenvalue weighted by Crippen LogP contribution is -2.18. The number of carbonyl (C=O) groups excluding carboxylic acids is 1. The summed E-state index contributed by atoms with van der Waals surface area (Å²) in [6, 6.07) is 10.6. The number of aromatic amines is 1. The number of thioether (sulfide) groups is 1. The molecule has 0 unspecified atom stereocenters. The summed E-state index contributed by atoms with van der Waals surface area (Å²) in [6.45, 7) is 1.65. The number of anilines is 1. The van der Waals surface area contributed by atoms with Crippen LogP contribution in [-0.2, 0) is 11.2 Å². The highest BCUT2D eigenvalue weighted by molar-refractivity contribution is 7.99. The lowest BCUT2D eigenvalue weighted by atomic mass is 10.1. The minimum absolute atomic E-state index is 0.0186. The number of amides is 1. The van der Waals surface area contributed by atoms with Crippen molar-refractivity contribution in [1.29, 1.82) is 0 Å². The van der Waals surface area contributed by atoms with Gasteiger partial charge in [-0.15, -0.1) is 0 Å². The van der Waals surface area contributed by atoms with Gasteiger partial charge in [0.25, 0.3) is 11.2 Å². The van der Waals surface area contributed by atoms with Crippen LogP contribution in [-0.4, -0.2) is 26.6 Å². The Morgan fingerprint density at radius 1 is 1.19 bits per heavy atom. The highest BCUT2D eigenvalue weighted by Gasteiger charge is 2.14. The topological polar surface area (TPSA) is 118 Å². The van der Waals surface area contributed by atoms with Gasteiger partial charge in [0.05, 0.1) is 16.4 Å². The summed E-state index contributed by atoms with van der Waals surface area (Å²) < 4.78 is 0. The van der Waals surface area contributed by atoms with E-state index in [1.165, 1.54) is 24.3 Å². The standard InChI is InChI=1S/C20H16Cl2N4O4S/c1-11-17(9-14-15(21)3-2-4-16(14)22)24-20(25-19(11)28)31-10-18(27)23-12-5-7-13(8-6-12)26(29)30/h2-8H,9-10H2,1H3,(H,23,27)(H,24,25,28). The average molecular weight is 479 g/mol. The van der Waals surface area contributed by atoms with Crippen LogP contribution in [0.1, 0.15) is 16.8 Å². The molecule has 31 heavy (non-hydrogen) atoms. The third kappa shape index (κ3) is 5.84. The van der Waals surface area contributed by atoms with Crippen molar-refractivity contribution in [3.8, 4) is 0 Å². The zero-order valence-electron chi connectivity index (χ0n) is 16.1. The molecule has 0 fully saturated rings. The number of hydrogen-bond donors (Lipinski definition) is 2. The van der Waals surface area contributed by atoms with Crippen LogP contribution >= 0.6 is 35.0 Å². The van der Waals surface area contributed by atoms with Crippen molar-refractivity contribution in [1.82, 2.24) is 9.97 Å². The third-order valence-corrected chi connectivity index (χ3v) is 5.92. The number of halogens is 2. The summed E-state index contributed by atoms with van der Waals surface area (Å²) in [4.78, 5) is 41.8. The zero-order chi connectivity index (χ0) is 22.5. The van der Waals surface area contributed by atoms with Crippen molar-refractivity contribution in [3.05, 3.63) is 89.8 Å². The fraction of sp³-hybridized carbons (Fsp3) is 0.150. The highest BCUT2D eigenvalue weighted by atomic mass is 35.5. The van der Waals surface area contributed by atoms with E-state index in [1.54, 1.807) is 25.1 Å². The van der Waals surface area contributed by atoms with Crippen molar-refractivity contribution < 1.29 is 9.72 Å². The van der Waals surface area contributed by atoms with E-state index in [0.717, 1.165) is 11.8 Å². The van der Waals surface area contributed by atoms with Crippen LogP contribution in [0.2, 0.25) is 10.0 Å². The lowest BCUT2D eigenvalue weighted by molar-refractivity contribution is -0.384. The van der Waals surface area contributed by atoms with Gasteiger partial charge in [0.1, 0.15) is 0 Å². The molecule has 160 valence electrons. The Balaban J connectivity index is 1.70. The number of nitro benzene ring substituents is 1. The van der Waals surface area contributed by atoms with E-state index in [2.05, 4.69) is 15.3 Å². The molecular weight excluding hydrogens is 463 g/mol. The van der Waals surface area contributed by atoms with Crippen molar-refractivity contribution in [2.24, 2.45) is 0 Å². The Hall–Kier alpha value is -2.88. The van der Waals surface area contributed by atoms with Gasteiger partial charge >= 0.3 is 0 Å². The SMILES string of the molecule is Cc1c(Cc2c(Cl)cccc2Cl)nc(SCC(=O)Nc2ccc([N+](=O)[O-])cc2)[nH]c1=O. The third-order valence-electron chi connectivity index (χ3n) is 4.34. The number of nitrogens with zero attached hydrogens (tertiary/aromatic N) is 2. The quantitative estimate of drug-likeness (QED) is 0.221. The van der Waals surface area contributed by atoms with E-state index in [9.17, 15) is 19.7 Å². The molecule has 0 spiro atoms. The minimum atomic E-state index is -0.520. The summed E-state index contributed by atoms with van der Waals surface area (Å²) >= 11 is 13.5. The first-order chi connectivity index (χ1) is 14.7. The first-order valence-corrected chi connectivity index (χ1v) is 10.7. The molecule has 2 aromatic carbocycles. The molecule has 1 aromatic heterocycles. The highest BCUT2D eigenvalue weighted by Crippen LogP contribution is 2.27. The Morgan fingerprint density at radius 2 is 1.84 bits per heavy atom. The molecule has 3 rings (SSSR count). The molecule has 3 aromatic rings. The molecule has 0 saturated carbocycles. The van der Waals surface area contributed by atoms with E-state index in [4.69, 9.17) is 23.2 Å². The first-order valence-electron chi connectivity index (χ1n) is 8.94. The van der Waals surface area contributed by atoms with Crippen LogP contribution in [0.15, 0.2) is 52.4 Å². The monoisotopic (exact) mass is 478 g/mol. The molecule has 1 amide bonds. The zero-order valence-corrected chi connectivity index (χ0v) is 18.5. The van der Waals surface area contributed by atoms with Crippen molar-refractivity contribution in [2.45, 2.75) is 18.5 Å². The fourth-order valence-corrected chi connectivity index (χ4v) is 3.87. The fourth-order valence-electron chi connectivity index (χ4n) is 2.66. The molecule has 0 saturated heterocycles. The number of nitrogens with one attached hydrogen (secondary N) is 2. The van der Waals surface area contributed by atoms with Crippen LogP contribution < -0.4 is 10.9 Å². The number of non-ortho nitro benzene ring substituents is 1. The summed E-state index contributed by atoms with van der Waals surface area (Å²) in [5.74, 6) is -0.368. The van der Waals surface area contributed by atoms with Crippen LogP contribution in [0.5, 0.6) is 0 Å². The Labute approximate surface area is 191 Å². The van der Waals surface area contributed by atoms with Gasteiger partial charge in [0.15, 0.2) is 5.16 Å². The van der Waals surface area contributed by atoms with Crippen LogP contribution in [0.25, 0.3) is 0 Å². The summed E-state index contributed by atoms with van der Waals surface area (Å²) in [5.41, 5.74) is 1.66. The molecule has 0 radical (unpaired) electrons. The van der Waals surface area contributed by atoms with E-state index < -0.39 is 4.92 Å². The predicted molar refractivity (Wildman–Crippen MR) is 121 cm³/mol. The van der Waals surface area contributed by atoms with Crippen LogP contribution in [0.4, 0.5) is 11.4 Å². The molecule has 0 aliphatic rings. The van der Waals surface area contributed by atoms with Crippen molar-refractivity contribution in [3.63, 3.8) is 0 Å². The Kier molecular flexibility index (Phi) is 7.32. The molecule has 0 bridgehead atoms.